The molecule has 0 unspecified atom stereocenters. The topological polar surface area (TPSA) is 13.1 Å². The molecule has 0 radical (unpaired) electrons. The van der Waals surface area contributed by atoms with Crippen LogP contribution in [0.5, 0.6) is 0 Å². The van der Waals surface area contributed by atoms with Gasteiger partial charge in [0.2, 0.25) is 0 Å². The van der Waals surface area contributed by atoms with Crippen LogP contribution in [0.2, 0.25) is 0 Å². The average Bonchev–Trinajstić information content (AvgIpc) is 3.56. The van der Waals surface area contributed by atoms with Gasteiger partial charge in [0, 0.05) is 10.8 Å². The number of benzene rings is 8. The van der Waals surface area contributed by atoms with Gasteiger partial charge in [0.05, 0.1) is 15.1 Å². The van der Waals surface area contributed by atoms with Crippen molar-refractivity contribution in [1.29, 1.82) is 0 Å². The summed E-state index contributed by atoms with van der Waals surface area (Å²) in [6.45, 7) is 0. The molecule has 0 aliphatic heterocycles. The summed E-state index contributed by atoms with van der Waals surface area (Å²) in [5.41, 5.74) is 3.06. The second-order valence-corrected chi connectivity index (χ2v) is 10.4. The molecular formula is C42H26O. The second kappa shape index (κ2) is 9.44. The van der Waals surface area contributed by atoms with Gasteiger partial charge in [0.15, 0.2) is 0 Å². The molecular weight excluding hydrogens is 520 g/mol. The third-order valence-corrected chi connectivity index (χ3v) is 8.03. The lowest BCUT2D eigenvalue weighted by atomic mass is 9.84. The zero-order valence-electron chi connectivity index (χ0n) is 33.6. The molecule has 8 aromatic carbocycles. The Kier molecular flexibility index (Phi) is 3.41. The average molecular weight is 558 g/mol. The van der Waals surface area contributed by atoms with Gasteiger partial charge in [0.25, 0.3) is 0 Å². The highest BCUT2D eigenvalue weighted by molar-refractivity contribution is 6.23. The van der Waals surface area contributed by atoms with E-state index in [1.54, 1.807) is 60.7 Å². The lowest BCUT2D eigenvalue weighted by molar-refractivity contribution is 0.669. The van der Waals surface area contributed by atoms with Gasteiger partial charge in [0.1, 0.15) is 11.2 Å². The second-order valence-electron chi connectivity index (χ2n) is 10.4. The fraction of sp³-hybridized carbons (Fsp3) is 0. The highest BCUT2D eigenvalue weighted by Crippen LogP contribution is 2.45. The van der Waals surface area contributed by atoms with Crippen LogP contribution in [-0.4, -0.2) is 0 Å². The third kappa shape index (κ3) is 3.72. The van der Waals surface area contributed by atoms with Gasteiger partial charge in [-0.05, 0) is 89.9 Å². The Bertz CT molecular complexity index is 3060. The molecule has 1 heteroatoms. The maximum absolute atomic E-state index is 9.68. The van der Waals surface area contributed by atoms with Crippen LogP contribution in [0.15, 0.2) is 162 Å². The molecule has 0 atom stereocenters. The Morgan fingerprint density at radius 3 is 1.81 bits per heavy atom. The lowest BCUT2D eigenvalue weighted by Gasteiger charge is -2.19. The summed E-state index contributed by atoms with van der Waals surface area (Å²) in [7, 11) is 0. The van der Waals surface area contributed by atoms with E-state index in [1.165, 1.54) is 0 Å². The van der Waals surface area contributed by atoms with Crippen LogP contribution < -0.4 is 0 Å². The first-order valence-corrected chi connectivity index (χ1v) is 13.9. The maximum Gasteiger partial charge on any atom is 0.135 e. The van der Waals surface area contributed by atoms with Crippen molar-refractivity contribution in [3.05, 3.63) is 157 Å². The van der Waals surface area contributed by atoms with Crippen molar-refractivity contribution in [3.8, 4) is 33.4 Å². The van der Waals surface area contributed by atoms with Crippen LogP contribution in [-0.2, 0) is 0 Å². The number of hydrogen-bond acceptors (Lipinski definition) is 1. The minimum atomic E-state index is -0.542. The highest BCUT2D eigenvalue weighted by Gasteiger charge is 2.18. The van der Waals surface area contributed by atoms with Gasteiger partial charge in [-0.1, -0.05) is 133 Å². The zero-order valence-corrected chi connectivity index (χ0v) is 22.6. The minimum absolute atomic E-state index is 0.0473. The van der Waals surface area contributed by atoms with E-state index in [-0.39, 0.29) is 57.7 Å². The smallest absolute Gasteiger partial charge is 0.135 e. The van der Waals surface area contributed by atoms with Crippen molar-refractivity contribution in [3.63, 3.8) is 0 Å². The van der Waals surface area contributed by atoms with E-state index in [0.29, 0.717) is 49.4 Å². The van der Waals surface area contributed by atoms with Gasteiger partial charge in [-0.3, -0.25) is 0 Å². The minimum Gasteiger partial charge on any atom is -0.456 e. The lowest BCUT2D eigenvalue weighted by Crippen LogP contribution is -1.92. The van der Waals surface area contributed by atoms with E-state index in [4.69, 9.17) is 15.4 Å². The van der Waals surface area contributed by atoms with Crippen molar-refractivity contribution >= 4 is 54.3 Å². The SMILES string of the molecule is [2H]c1c([2H])c(-c2ccc3oc4ccccc4c3c2)c([2H])c(-c2c3ccccc3c(-c3c([2H])c([2H])c([2H])c4c([2H])c([2H])c([2H])c([2H])c34)c3ccccc23)c1[2H]. The first kappa shape index (κ1) is 15.5. The van der Waals surface area contributed by atoms with E-state index >= 15 is 0 Å². The third-order valence-electron chi connectivity index (χ3n) is 8.03. The Morgan fingerprint density at radius 1 is 0.419 bits per heavy atom. The van der Waals surface area contributed by atoms with Crippen molar-refractivity contribution in [1.82, 2.24) is 0 Å². The number of hydrogen-bond donors (Lipinski definition) is 0. The van der Waals surface area contributed by atoms with Crippen molar-refractivity contribution < 1.29 is 19.5 Å². The molecule has 9 aromatic rings. The van der Waals surface area contributed by atoms with Crippen LogP contribution in [0.1, 0.15) is 15.1 Å². The maximum atomic E-state index is 9.68. The molecule has 0 saturated heterocycles. The first-order chi connectivity index (χ1) is 25.9. The molecule has 0 fully saturated rings. The van der Waals surface area contributed by atoms with Crippen molar-refractivity contribution in [2.75, 3.05) is 0 Å². The molecule has 1 nitrogen and oxygen atoms in total. The molecule has 0 bridgehead atoms. The zero-order chi connectivity index (χ0) is 37.9. The number of rotatable bonds is 3. The summed E-state index contributed by atoms with van der Waals surface area (Å²) in [6.07, 6.45) is 0. The number of fused-ring (bicyclic) bond motifs is 6. The molecule has 9 rings (SSSR count). The molecule has 0 aliphatic rings. The van der Waals surface area contributed by atoms with E-state index in [1.807, 2.05) is 30.3 Å². The fourth-order valence-corrected chi connectivity index (χ4v) is 6.16. The van der Waals surface area contributed by atoms with Gasteiger partial charge >= 0.3 is 0 Å². The largest absolute Gasteiger partial charge is 0.456 e. The summed E-state index contributed by atoms with van der Waals surface area (Å²) in [6, 6.07) is 22.9. The number of furan rings is 1. The molecule has 0 N–H and O–H groups in total. The summed E-state index contributed by atoms with van der Waals surface area (Å²) in [5.74, 6) is 0. The van der Waals surface area contributed by atoms with Crippen LogP contribution in [0.3, 0.4) is 0 Å². The van der Waals surface area contributed by atoms with Crippen LogP contribution in [0, 0.1) is 0 Å². The molecule has 1 aromatic heterocycles. The monoisotopic (exact) mass is 557 g/mol. The molecule has 200 valence electrons. The Labute approximate surface area is 264 Å². The summed E-state index contributed by atoms with van der Waals surface area (Å²) in [4.78, 5) is 0. The molecule has 43 heavy (non-hydrogen) atoms. The molecule has 1 heterocycles. The van der Waals surface area contributed by atoms with Gasteiger partial charge in [-0.25, -0.2) is 0 Å². The van der Waals surface area contributed by atoms with E-state index in [2.05, 4.69) is 0 Å². The van der Waals surface area contributed by atoms with Crippen molar-refractivity contribution in [2.24, 2.45) is 0 Å². The van der Waals surface area contributed by atoms with Gasteiger partial charge < -0.3 is 4.42 Å². The van der Waals surface area contributed by atoms with Crippen LogP contribution in [0.4, 0.5) is 0 Å². The summed E-state index contributed by atoms with van der Waals surface area (Å²) >= 11 is 0. The van der Waals surface area contributed by atoms with E-state index < -0.39 is 36.3 Å². The first-order valence-electron chi connectivity index (χ1n) is 19.4. The normalized spacial score (nSPS) is 15.3. The predicted molar refractivity (Wildman–Crippen MR) is 183 cm³/mol. The van der Waals surface area contributed by atoms with E-state index in [0.717, 1.165) is 10.8 Å². The fourth-order valence-electron chi connectivity index (χ4n) is 6.16. The van der Waals surface area contributed by atoms with E-state index in [9.17, 15) is 4.11 Å². The molecule has 0 amide bonds. The predicted octanol–water partition coefficient (Wildman–Crippen LogP) is 12.0. The van der Waals surface area contributed by atoms with Crippen LogP contribution >= 0.6 is 0 Å². The van der Waals surface area contributed by atoms with Crippen LogP contribution in [0.25, 0.3) is 87.6 Å². The Balaban J connectivity index is 1.43. The molecule has 0 saturated carbocycles. The molecule has 0 spiro atoms. The Morgan fingerprint density at radius 2 is 1.02 bits per heavy atom. The van der Waals surface area contributed by atoms with Gasteiger partial charge in [-0.2, -0.15) is 0 Å². The highest BCUT2D eigenvalue weighted by atomic mass is 16.3. The summed E-state index contributed by atoms with van der Waals surface area (Å²) in [5, 5.41) is 3.53. The van der Waals surface area contributed by atoms with Crippen molar-refractivity contribution in [2.45, 2.75) is 0 Å². The number of para-hydroxylation sites is 1. The quantitative estimate of drug-likeness (QED) is 0.197. The standard InChI is InChI=1S/C42H26O/c1-2-15-31-27(11-1)12-10-21-33(31)42-36-19-5-3-17-34(36)41(35-18-4-6-20-37(35)42)30-14-9-13-28(25-30)29-23-24-40-38(26-29)32-16-7-8-22-39(32)43-40/h1-26H/i1D,2D,9D,10D,11D,12D,13D,14D,15D,21D,25D. The Hall–Kier alpha value is -5.66. The van der Waals surface area contributed by atoms with Gasteiger partial charge in [-0.15, -0.1) is 0 Å². The summed E-state index contributed by atoms with van der Waals surface area (Å²) < 4.78 is 104. The molecule has 0 aliphatic carbocycles.